The molecule has 2 aromatic carbocycles. The van der Waals surface area contributed by atoms with Gasteiger partial charge in [0.2, 0.25) is 0 Å². The van der Waals surface area contributed by atoms with Gasteiger partial charge in [0, 0.05) is 18.2 Å². The van der Waals surface area contributed by atoms with Crippen LogP contribution in [0.15, 0.2) is 53.4 Å². The van der Waals surface area contributed by atoms with E-state index in [9.17, 15) is 13.2 Å². The van der Waals surface area contributed by atoms with Crippen LogP contribution in [0.1, 0.15) is 29.3 Å². The number of nitrogens with two attached hydrogens (primary N) is 1. The van der Waals surface area contributed by atoms with Gasteiger partial charge in [-0.1, -0.05) is 24.3 Å². The number of nitrogens with zero attached hydrogens (tertiary/aromatic N) is 1. The summed E-state index contributed by atoms with van der Waals surface area (Å²) in [5.41, 5.74) is 7.46. The van der Waals surface area contributed by atoms with Gasteiger partial charge in [-0.25, -0.2) is 8.42 Å². The topological polar surface area (TPSA) is 92.5 Å². The summed E-state index contributed by atoms with van der Waals surface area (Å²) in [6, 6.07) is 13.5. The summed E-state index contributed by atoms with van der Waals surface area (Å²) >= 11 is 0. The lowest BCUT2D eigenvalue weighted by atomic mass is 10.1. The van der Waals surface area contributed by atoms with Crippen LogP contribution in [0.3, 0.4) is 0 Å². The third-order valence-electron chi connectivity index (χ3n) is 4.46. The predicted molar refractivity (Wildman–Crippen MR) is 109 cm³/mol. The van der Waals surface area contributed by atoms with Crippen LogP contribution in [0, 0.1) is 0 Å². The third-order valence-corrected chi connectivity index (χ3v) is 6.39. The van der Waals surface area contributed by atoms with Crippen LogP contribution in [-0.4, -0.2) is 33.5 Å². The van der Waals surface area contributed by atoms with E-state index in [0.717, 1.165) is 5.56 Å². The largest absolute Gasteiger partial charge is 0.352 e. The molecule has 8 heteroatoms. The molecule has 1 atom stereocenters. The standard InChI is InChI=1S/C19H23N3O3S.ClH/c1-14-12-15-6-2-3-9-18(15)22(14)26(24,25)17-8-4-7-16(13-17)19(23)21-11-5-10-20;/h2-4,6-9,13-14H,5,10-12,20H2,1H3,(H,21,23);1H. The Balaban J connectivity index is 0.00000261. The summed E-state index contributed by atoms with van der Waals surface area (Å²) in [5, 5.41) is 2.75. The van der Waals surface area contributed by atoms with Crippen LogP contribution < -0.4 is 15.4 Å². The van der Waals surface area contributed by atoms with E-state index in [2.05, 4.69) is 5.32 Å². The molecular formula is C19H24ClN3O3S. The second-order valence-corrected chi connectivity index (χ2v) is 8.22. The normalized spacial score (nSPS) is 15.8. The molecule has 0 bridgehead atoms. The van der Waals surface area contributed by atoms with Crippen LogP contribution in [0.5, 0.6) is 0 Å². The van der Waals surface area contributed by atoms with Crippen LogP contribution in [0.2, 0.25) is 0 Å². The van der Waals surface area contributed by atoms with E-state index in [4.69, 9.17) is 5.73 Å². The molecule has 0 saturated carbocycles. The average Bonchev–Trinajstić information content (AvgIpc) is 2.98. The first-order valence-electron chi connectivity index (χ1n) is 8.66. The third kappa shape index (κ3) is 4.26. The van der Waals surface area contributed by atoms with Crippen molar-refractivity contribution in [3.8, 4) is 0 Å². The van der Waals surface area contributed by atoms with E-state index in [0.29, 0.717) is 37.2 Å². The van der Waals surface area contributed by atoms with Gasteiger partial charge < -0.3 is 11.1 Å². The van der Waals surface area contributed by atoms with Gasteiger partial charge in [-0.3, -0.25) is 9.10 Å². The number of para-hydroxylation sites is 1. The Labute approximate surface area is 166 Å². The minimum absolute atomic E-state index is 0. The molecule has 1 aliphatic heterocycles. The number of anilines is 1. The maximum Gasteiger partial charge on any atom is 0.264 e. The van der Waals surface area contributed by atoms with E-state index < -0.39 is 10.0 Å². The lowest BCUT2D eigenvalue weighted by Gasteiger charge is -2.24. The number of halogens is 1. The lowest BCUT2D eigenvalue weighted by Crippen LogP contribution is -2.36. The van der Waals surface area contributed by atoms with Gasteiger partial charge in [0.1, 0.15) is 0 Å². The molecule has 0 radical (unpaired) electrons. The van der Waals surface area contributed by atoms with Crippen molar-refractivity contribution in [3.05, 3.63) is 59.7 Å². The Morgan fingerprint density at radius 3 is 2.70 bits per heavy atom. The number of rotatable bonds is 6. The Hall–Kier alpha value is -2.09. The average molecular weight is 410 g/mol. The van der Waals surface area contributed by atoms with Crippen molar-refractivity contribution >= 4 is 34.0 Å². The molecule has 146 valence electrons. The number of carbonyl (C=O) groups is 1. The molecule has 1 unspecified atom stereocenters. The highest BCUT2D eigenvalue weighted by molar-refractivity contribution is 7.92. The van der Waals surface area contributed by atoms with Crippen molar-refractivity contribution in [3.63, 3.8) is 0 Å². The number of hydrogen-bond acceptors (Lipinski definition) is 4. The van der Waals surface area contributed by atoms with E-state index in [1.807, 2.05) is 31.2 Å². The summed E-state index contributed by atoms with van der Waals surface area (Å²) < 4.78 is 27.9. The second kappa shape index (κ2) is 8.73. The molecule has 3 rings (SSSR count). The van der Waals surface area contributed by atoms with E-state index in [-0.39, 0.29) is 29.3 Å². The summed E-state index contributed by atoms with van der Waals surface area (Å²) in [4.78, 5) is 12.3. The zero-order valence-electron chi connectivity index (χ0n) is 15.1. The number of sulfonamides is 1. The summed E-state index contributed by atoms with van der Waals surface area (Å²) in [6.07, 6.45) is 1.35. The molecule has 1 amide bonds. The molecule has 0 fully saturated rings. The Bertz CT molecular complexity index is 918. The monoisotopic (exact) mass is 409 g/mol. The van der Waals surface area contributed by atoms with E-state index >= 15 is 0 Å². The van der Waals surface area contributed by atoms with Gasteiger partial charge in [-0.15, -0.1) is 12.4 Å². The molecule has 2 aromatic rings. The number of carbonyl (C=O) groups excluding carboxylic acids is 1. The summed E-state index contributed by atoms with van der Waals surface area (Å²) in [6.45, 7) is 2.84. The maximum absolute atomic E-state index is 13.2. The molecule has 27 heavy (non-hydrogen) atoms. The smallest absolute Gasteiger partial charge is 0.264 e. The molecule has 1 aliphatic rings. The first-order chi connectivity index (χ1) is 12.4. The number of amides is 1. The molecule has 0 aromatic heterocycles. The van der Waals surface area contributed by atoms with Gasteiger partial charge in [-0.2, -0.15) is 0 Å². The fourth-order valence-corrected chi connectivity index (χ4v) is 4.96. The zero-order chi connectivity index (χ0) is 18.7. The van der Waals surface area contributed by atoms with Gasteiger partial charge in [0.15, 0.2) is 0 Å². The lowest BCUT2D eigenvalue weighted by molar-refractivity contribution is 0.0953. The van der Waals surface area contributed by atoms with E-state index in [1.165, 1.54) is 16.4 Å². The molecule has 0 aliphatic carbocycles. The Morgan fingerprint density at radius 1 is 1.22 bits per heavy atom. The fourth-order valence-electron chi connectivity index (χ4n) is 3.22. The second-order valence-electron chi connectivity index (χ2n) is 6.41. The highest BCUT2D eigenvalue weighted by atomic mass is 35.5. The molecule has 1 heterocycles. The van der Waals surface area contributed by atoms with Crippen molar-refractivity contribution in [1.29, 1.82) is 0 Å². The van der Waals surface area contributed by atoms with Crippen LogP contribution in [0.25, 0.3) is 0 Å². The molecule has 3 N–H and O–H groups in total. The SMILES string of the molecule is CC1Cc2ccccc2N1S(=O)(=O)c1cccc(C(=O)NCCCN)c1.Cl. The Morgan fingerprint density at radius 2 is 1.96 bits per heavy atom. The van der Waals surface area contributed by atoms with Crippen molar-refractivity contribution in [2.24, 2.45) is 5.73 Å². The van der Waals surface area contributed by atoms with Gasteiger partial charge in [0.25, 0.3) is 15.9 Å². The predicted octanol–water partition coefficient (Wildman–Crippen LogP) is 2.33. The minimum atomic E-state index is -3.75. The molecule has 6 nitrogen and oxygen atoms in total. The van der Waals surface area contributed by atoms with Crippen LogP contribution >= 0.6 is 12.4 Å². The Kier molecular flexibility index (Phi) is 6.86. The number of benzene rings is 2. The molecular weight excluding hydrogens is 386 g/mol. The van der Waals surface area contributed by atoms with Crippen molar-refractivity contribution in [1.82, 2.24) is 5.32 Å². The first kappa shape index (κ1) is 21.2. The quantitative estimate of drug-likeness (QED) is 0.716. The van der Waals surface area contributed by atoms with Gasteiger partial charge in [0.05, 0.1) is 10.6 Å². The molecule has 0 spiro atoms. The highest BCUT2D eigenvalue weighted by Crippen LogP contribution is 2.36. The summed E-state index contributed by atoms with van der Waals surface area (Å²) in [7, 11) is -3.75. The van der Waals surface area contributed by atoms with E-state index in [1.54, 1.807) is 12.1 Å². The minimum Gasteiger partial charge on any atom is -0.352 e. The fraction of sp³-hybridized carbons (Fsp3) is 0.316. The number of fused-ring (bicyclic) bond motifs is 1. The zero-order valence-corrected chi connectivity index (χ0v) is 16.7. The number of hydrogen-bond donors (Lipinski definition) is 2. The van der Waals surface area contributed by atoms with Crippen molar-refractivity contribution < 1.29 is 13.2 Å². The van der Waals surface area contributed by atoms with Gasteiger partial charge >= 0.3 is 0 Å². The van der Waals surface area contributed by atoms with Crippen LogP contribution in [-0.2, 0) is 16.4 Å². The maximum atomic E-state index is 13.2. The molecule has 0 saturated heterocycles. The summed E-state index contributed by atoms with van der Waals surface area (Å²) in [5.74, 6) is -0.301. The number of nitrogens with one attached hydrogen (secondary N) is 1. The van der Waals surface area contributed by atoms with Gasteiger partial charge in [-0.05, 0) is 56.1 Å². The van der Waals surface area contributed by atoms with Crippen molar-refractivity contribution in [2.75, 3.05) is 17.4 Å². The first-order valence-corrected chi connectivity index (χ1v) is 10.1. The highest BCUT2D eigenvalue weighted by Gasteiger charge is 2.36. The van der Waals surface area contributed by atoms with Crippen molar-refractivity contribution in [2.45, 2.75) is 30.7 Å². The van der Waals surface area contributed by atoms with Crippen LogP contribution in [0.4, 0.5) is 5.69 Å².